The van der Waals surface area contributed by atoms with Crippen LogP contribution in [0.15, 0.2) is 41.9 Å². The van der Waals surface area contributed by atoms with Crippen LogP contribution in [0.1, 0.15) is 50.1 Å². The topological polar surface area (TPSA) is 50.4 Å². The highest BCUT2D eigenvalue weighted by Gasteiger charge is 2.31. The number of fused-ring (bicyclic) bond motifs is 3. The number of nitrogens with zero attached hydrogens (tertiary/aromatic N) is 3. The number of aromatic nitrogens is 2. The molecule has 2 aliphatic rings. The summed E-state index contributed by atoms with van der Waals surface area (Å²) >= 11 is 0. The van der Waals surface area contributed by atoms with Crippen molar-refractivity contribution in [1.29, 1.82) is 0 Å². The van der Waals surface area contributed by atoms with E-state index >= 15 is 0 Å². The fourth-order valence-corrected chi connectivity index (χ4v) is 4.06. The van der Waals surface area contributed by atoms with Crippen molar-refractivity contribution in [3.63, 3.8) is 0 Å². The summed E-state index contributed by atoms with van der Waals surface area (Å²) in [5, 5.41) is 13.2. The highest BCUT2D eigenvalue weighted by Crippen LogP contribution is 2.41. The van der Waals surface area contributed by atoms with Gasteiger partial charge in [0, 0.05) is 17.9 Å². The highest BCUT2D eigenvalue weighted by atomic mass is 16.4. The van der Waals surface area contributed by atoms with Crippen LogP contribution in [0.3, 0.4) is 0 Å². The number of imidazole rings is 1. The van der Waals surface area contributed by atoms with Crippen LogP contribution in [0.25, 0.3) is 11.3 Å². The molecule has 1 N–H and O–H groups in total. The summed E-state index contributed by atoms with van der Waals surface area (Å²) in [5.41, 5.74) is 4.70. The number of hydrogen-bond donors (Lipinski definition) is 1. The predicted octanol–water partition coefficient (Wildman–Crippen LogP) is 4.25. The van der Waals surface area contributed by atoms with Crippen molar-refractivity contribution in [1.82, 2.24) is 9.55 Å². The Kier molecular flexibility index (Phi) is 3.45. The minimum atomic E-state index is 0.210. The molecule has 1 aliphatic heterocycles. The lowest BCUT2D eigenvalue weighted by Gasteiger charge is -2.25. The third-order valence-electron chi connectivity index (χ3n) is 5.20. The average molecular weight is 295 g/mol. The van der Waals surface area contributed by atoms with Gasteiger partial charge in [-0.05, 0) is 18.4 Å². The van der Waals surface area contributed by atoms with Gasteiger partial charge in [0.05, 0.1) is 30.0 Å². The van der Waals surface area contributed by atoms with E-state index in [0.717, 1.165) is 25.0 Å². The molecule has 1 aliphatic carbocycles. The second-order valence-corrected chi connectivity index (χ2v) is 6.42. The van der Waals surface area contributed by atoms with Gasteiger partial charge in [-0.25, -0.2) is 4.98 Å². The van der Waals surface area contributed by atoms with E-state index in [9.17, 15) is 5.21 Å². The molecule has 0 amide bonds. The first-order valence-corrected chi connectivity index (χ1v) is 8.20. The Morgan fingerprint density at radius 1 is 1.23 bits per heavy atom. The van der Waals surface area contributed by atoms with Gasteiger partial charge in [0.2, 0.25) is 0 Å². The molecule has 0 radical (unpaired) electrons. The van der Waals surface area contributed by atoms with E-state index in [4.69, 9.17) is 0 Å². The zero-order valence-electron chi connectivity index (χ0n) is 12.7. The quantitative estimate of drug-likeness (QED) is 0.522. The second-order valence-electron chi connectivity index (χ2n) is 6.42. The number of hydrogen-bond acceptors (Lipinski definition) is 3. The molecule has 1 aromatic heterocycles. The predicted molar refractivity (Wildman–Crippen MR) is 86.2 cm³/mol. The summed E-state index contributed by atoms with van der Waals surface area (Å²) in [6.45, 7) is 0. The molecule has 1 unspecified atom stereocenters. The van der Waals surface area contributed by atoms with Gasteiger partial charge in [-0.1, -0.05) is 48.7 Å². The van der Waals surface area contributed by atoms with Crippen molar-refractivity contribution in [3.05, 3.63) is 42.4 Å². The van der Waals surface area contributed by atoms with Gasteiger partial charge < -0.3 is 9.77 Å². The van der Waals surface area contributed by atoms with Gasteiger partial charge in [0.15, 0.2) is 0 Å². The Morgan fingerprint density at radius 2 is 2.05 bits per heavy atom. The molecule has 0 spiro atoms. The van der Waals surface area contributed by atoms with Crippen LogP contribution in [0.4, 0.5) is 0 Å². The van der Waals surface area contributed by atoms with E-state index in [-0.39, 0.29) is 6.04 Å². The average Bonchev–Trinajstić information content (AvgIpc) is 3.15. The maximum atomic E-state index is 9.55. The lowest BCUT2D eigenvalue weighted by Crippen LogP contribution is -2.22. The first kappa shape index (κ1) is 13.6. The van der Waals surface area contributed by atoms with Crippen LogP contribution in [-0.4, -0.2) is 20.5 Å². The molecule has 1 atom stereocenters. The Labute approximate surface area is 130 Å². The highest BCUT2D eigenvalue weighted by molar-refractivity contribution is 5.88. The third kappa shape index (κ3) is 2.14. The molecule has 0 saturated heterocycles. The van der Waals surface area contributed by atoms with Crippen LogP contribution < -0.4 is 0 Å². The van der Waals surface area contributed by atoms with Gasteiger partial charge in [0.1, 0.15) is 0 Å². The number of benzene rings is 1. The molecule has 1 saturated carbocycles. The van der Waals surface area contributed by atoms with E-state index in [1.165, 1.54) is 36.1 Å². The van der Waals surface area contributed by atoms with Crippen molar-refractivity contribution >= 4 is 5.71 Å². The zero-order valence-corrected chi connectivity index (χ0v) is 12.7. The van der Waals surface area contributed by atoms with Crippen molar-refractivity contribution in [2.75, 3.05) is 0 Å². The SMILES string of the molecule is ON=C(CC1c2ccccc2-c2cncn21)C1CCCCC1. The maximum absolute atomic E-state index is 9.55. The summed E-state index contributed by atoms with van der Waals surface area (Å²) in [6.07, 6.45) is 10.7. The van der Waals surface area contributed by atoms with E-state index in [0.29, 0.717) is 5.92 Å². The van der Waals surface area contributed by atoms with Gasteiger partial charge >= 0.3 is 0 Å². The lowest BCUT2D eigenvalue weighted by molar-refractivity contribution is 0.306. The summed E-state index contributed by atoms with van der Waals surface area (Å²) in [5.74, 6) is 0.443. The zero-order chi connectivity index (χ0) is 14.9. The maximum Gasteiger partial charge on any atom is 0.0956 e. The van der Waals surface area contributed by atoms with Crippen LogP contribution in [0.5, 0.6) is 0 Å². The van der Waals surface area contributed by atoms with Gasteiger partial charge in [0.25, 0.3) is 0 Å². The van der Waals surface area contributed by atoms with Gasteiger partial charge in [-0.3, -0.25) is 0 Å². The molecule has 2 aromatic rings. The largest absolute Gasteiger partial charge is 0.411 e. The summed E-state index contributed by atoms with van der Waals surface area (Å²) in [7, 11) is 0. The first-order valence-electron chi connectivity index (χ1n) is 8.20. The van der Waals surface area contributed by atoms with Crippen molar-refractivity contribution in [3.8, 4) is 11.3 Å². The molecular weight excluding hydrogens is 274 g/mol. The molecule has 114 valence electrons. The molecule has 1 fully saturated rings. The van der Waals surface area contributed by atoms with E-state index in [2.05, 4.69) is 39.0 Å². The second kappa shape index (κ2) is 5.59. The minimum absolute atomic E-state index is 0.210. The van der Waals surface area contributed by atoms with E-state index in [1.807, 2.05) is 12.5 Å². The molecule has 2 heterocycles. The standard InChI is InChI=1S/C18H21N3O/c22-20-16(13-6-2-1-3-7-13)10-17-14-8-4-5-9-15(14)18-11-19-12-21(17)18/h4-5,8-9,11-13,17,22H,1-3,6-7,10H2. The molecule has 4 nitrogen and oxygen atoms in total. The van der Waals surface area contributed by atoms with Crippen LogP contribution in [0.2, 0.25) is 0 Å². The Hall–Kier alpha value is -2.10. The summed E-state index contributed by atoms with van der Waals surface area (Å²) < 4.78 is 2.22. The van der Waals surface area contributed by atoms with Crippen molar-refractivity contribution in [2.24, 2.45) is 11.1 Å². The Balaban J connectivity index is 1.65. The molecule has 1 aromatic carbocycles. The van der Waals surface area contributed by atoms with Crippen molar-refractivity contribution in [2.45, 2.75) is 44.6 Å². The minimum Gasteiger partial charge on any atom is -0.411 e. The van der Waals surface area contributed by atoms with Gasteiger partial charge in [-0.2, -0.15) is 0 Å². The molecule has 4 rings (SSSR count). The Morgan fingerprint density at radius 3 is 2.86 bits per heavy atom. The molecule has 4 heteroatoms. The van der Waals surface area contributed by atoms with Gasteiger partial charge in [-0.15, -0.1) is 0 Å². The van der Waals surface area contributed by atoms with Crippen molar-refractivity contribution < 1.29 is 5.21 Å². The third-order valence-corrected chi connectivity index (χ3v) is 5.20. The van der Waals surface area contributed by atoms with Crippen LogP contribution >= 0.6 is 0 Å². The van der Waals surface area contributed by atoms with E-state index < -0.39 is 0 Å². The fraction of sp³-hybridized carbons (Fsp3) is 0.444. The Bertz CT molecular complexity index is 698. The number of oxime groups is 1. The fourth-order valence-electron chi connectivity index (χ4n) is 4.06. The smallest absolute Gasteiger partial charge is 0.0956 e. The first-order chi connectivity index (χ1) is 10.9. The van der Waals surface area contributed by atoms with E-state index in [1.54, 1.807) is 0 Å². The summed E-state index contributed by atoms with van der Waals surface area (Å²) in [6, 6.07) is 8.70. The molecular formula is C18H21N3O. The molecule has 22 heavy (non-hydrogen) atoms. The lowest BCUT2D eigenvalue weighted by atomic mass is 9.83. The molecule has 0 bridgehead atoms. The summed E-state index contributed by atoms with van der Waals surface area (Å²) in [4.78, 5) is 4.30. The van der Waals surface area contributed by atoms with Crippen LogP contribution in [-0.2, 0) is 0 Å². The normalized spacial score (nSPS) is 21.6. The number of rotatable bonds is 3. The van der Waals surface area contributed by atoms with Crippen LogP contribution in [0, 0.1) is 5.92 Å². The monoisotopic (exact) mass is 295 g/mol.